The topological polar surface area (TPSA) is 38.3 Å². The molecule has 2 aromatic rings. The molecule has 3 nitrogen and oxygen atoms in total. The predicted molar refractivity (Wildman–Crippen MR) is 97.6 cm³/mol. The van der Waals surface area contributed by atoms with E-state index in [1.807, 2.05) is 6.07 Å². The van der Waals surface area contributed by atoms with Gasteiger partial charge in [0.2, 0.25) is 0 Å². The lowest BCUT2D eigenvalue weighted by Gasteiger charge is -2.43. The zero-order valence-electron chi connectivity index (χ0n) is 14.4. The molecule has 3 heteroatoms. The fourth-order valence-electron chi connectivity index (χ4n) is 5.72. The van der Waals surface area contributed by atoms with Crippen molar-refractivity contribution in [3.8, 4) is 0 Å². The number of nitrogens with one attached hydrogen (secondary N) is 1. The van der Waals surface area contributed by atoms with Crippen molar-refractivity contribution in [1.82, 2.24) is 0 Å². The average molecular weight is 333 g/mol. The molecule has 2 fully saturated rings. The summed E-state index contributed by atoms with van der Waals surface area (Å²) in [5.74, 6) is 2.50. The molecule has 0 saturated heterocycles. The predicted octanol–water partition coefficient (Wildman–Crippen LogP) is 4.77. The van der Waals surface area contributed by atoms with E-state index in [4.69, 9.17) is 4.74 Å². The van der Waals surface area contributed by atoms with Crippen molar-refractivity contribution in [2.75, 3.05) is 12.4 Å². The lowest BCUT2D eigenvalue weighted by atomic mass is 9.68. The van der Waals surface area contributed by atoms with Crippen LogP contribution in [0.3, 0.4) is 0 Å². The summed E-state index contributed by atoms with van der Waals surface area (Å²) in [4.78, 5) is 12.0. The third-order valence-corrected chi connectivity index (χ3v) is 6.67. The highest BCUT2D eigenvalue weighted by atomic mass is 16.5. The summed E-state index contributed by atoms with van der Waals surface area (Å²) < 4.78 is 4.93. The van der Waals surface area contributed by atoms with Gasteiger partial charge in [-0.1, -0.05) is 30.3 Å². The molecule has 5 rings (SSSR count). The molecule has 128 valence electrons. The van der Waals surface area contributed by atoms with E-state index < -0.39 is 0 Å². The molecule has 5 atom stereocenters. The van der Waals surface area contributed by atoms with Gasteiger partial charge in [-0.25, -0.2) is 4.79 Å². The van der Waals surface area contributed by atoms with E-state index in [1.54, 1.807) is 0 Å². The standard InChI is InChI=1S/C22H23NO2/c1-25-22(24)16-9-10-18-17(12-16)19-14-7-8-15(11-14)20(19)21(23-18)13-5-3-2-4-6-13/h2-6,9-10,12,14-15,19-21,23H,7-8,11H2,1H3/t14-,15-,19-,20-,21+/m0/s1. The Balaban J connectivity index is 1.61. The van der Waals surface area contributed by atoms with Gasteiger partial charge in [-0.2, -0.15) is 0 Å². The van der Waals surface area contributed by atoms with Crippen molar-refractivity contribution in [3.63, 3.8) is 0 Å². The molecule has 2 saturated carbocycles. The molecule has 2 aliphatic carbocycles. The first kappa shape index (κ1) is 15.0. The molecule has 0 aromatic heterocycles. The second-order valence-electron chi connectivity index (χ2n) is 7.76. The van der Waals surface area contributed by atoms with E-state index in [0.717, 1.165) is 11.8 Å². The lowest BCUT2D eigenvalue weighted by Crippen LogP contribution is -2.35. The minimum atomic E-state index is -0.243. The summed E-state index contributed by atoms with van der Waals surface area (Å²) in [7, 11) is 1.45. The van der Waals surface area contributed by atoms with Gasteiger partial charge in [0.25, 0.3) is 0 Å². The summed E-state index contributed by atoms with van der Waals surface area (Å²) in [5.41, 5.74) is 4.57. The van der Waals surface area contributed by atoms with Gasteiger partial charge < -0.3 is 10.1 Å². The first-order valence-electron chi connectivity index (χ1n) is 9.30. The fraction of sp³-hybridized carbons (Fsp3) is 0.409. The first-order chi connectivity index (χ1) is 12.3. The molecule has 0 radical (unpaired) electrons. The molecular formula is C22H23NO2. The Morgan fingerprint density at radius 1 is 1.08 bits per heavy atom. The zero-order chi connectivity index (χ0) is 17.0. The third kappa shape index (κ3) is 2.21. The van der Waals surface area contributed by atoms with Crippen molar-refractivity contribution in [2.24, 2.45) is 17.8 Å². The smallest absolute Gasteiger partial charge is 0.337 e. The van der Waals surface area contributed by atoms with E-state index in [-0.39, 0.29) is 5.97 Å². The highest BCUT2D eigenvalue weighted by Gasteiger charge is 2.53. The molecule has 0 spiro atoms. The minimum Gasteiger partial charge on any atom is -0.465 e. The Morgan fingerprint density at radius 3 is 2.68 bits per heavy atom. The number of anilines is 1. The zero-order valence-corrected chi connectivity index (χ0v) is 14.4. The maximum atomic E-state index is 12.0. The number of hydrogen-bond acceptors (Lipinski definition) is 3. The van der Waals surface area contributed by atoms with Crippen molar-refractivity contribution in [3.05, 3.63) is 65.2 Å². The van der Waals surface area contributed by atoms with Crippen LogP contribution in [0.5, 0.6) is 0 Å². The number of carbonyl (C=O) groups is 1. The van der Waals surface area contributed by atoms with Crippen LogP contribution in [0.25, 0.3) is 0 Å². The molecule has 1 aliphatic heterocycles. The van der Waals surface area contributed by atoms with Crippen LogP contribution in [-0.2, 0) is 4.74 Å². The number of rotatable bonds is 2. The Morgan fingerprint density at radius 2 is 1.88 bits per heavy atom. The number of esters is 1. The van der Waals surface area contributed by atoms with Crippen LogP contribution in [-0.4, -0.2) is 13.1 Å². The summed E-state index contributed by atoms with van der Waals surface area (Å²) >= 11 is 0. The van der Waals surface area contributed by atoms with Crippen LogP contribution in [0.1, 0.15) is 52.7 Å². The SMILES string of the molecule is COC(=O)c1ccc2c(c1)[C@@H]1[C@H]3CC[C@@H](C3)[C@@H]1[C@@H](c1ccccc1)N2. The quantitative estimate of drug-likeness (QED) is 0.805. The Kier molecular flexibility index (Phi) is 3.37. The van der Waals surface area contributed by atoms with Gasteiger partial charge in [0, 0.05) is 5.69 Å². The first-order valence-corrected chi connectivity index (χ1v) is 9.30. The summed E-state index contributed by atoms with van der Waals surface area (Å²) in [6, 6.07) is 17.2. The number of fused-ring (bicyclic) bond motifs is 7. The molecule has 1 heterocycles. The van der Waals surface area contributed by atoms with E-state index in [2.05, 4.69) is 47.8 Å². The Labute approximate surface area is 148 Å². The summed E-state index contributed by atoms with van der Waals surface area (Å²) in [5, 5.41) is 3.80. The maximum Gasteiger partial charge on any atom is 0.337 e. The molecule has 1 N–H and O–H groups in total. The van der Waals surface area contributed by atoms with Crippen molar-refractivity contribution < 1.29 is 9.53 Å². The van der Waals surface area contributed by atoms with Gasteiger partial charge in [0.05, 0.1) is 18.7 Å². The van der Waals surface area contributed by atoms with Gasteiger partial charge in [-0.05, 0) is 72.3 Å². The van der Waals surface area contributed by atoms with Gasteiger partial charge in [0.1, 0.15) is 0 Å². The molecule has 3 aliphatic rings. The van der Waals surface area contributed by atoms with Gasteiger partial charge in [-0.3, -0.25) is 0 Å². The lowest BCUT2D eigenvalue weighted by molar-refractivity contribution is 0.0600. The van der Waals surface area contributed by atoms with Crippen LogP contribution in [0.4, 0.5) is 5.69 Å². The van der Waals surface area contributed by atoms with Gasteiger partial charge >= 0.3 is 5.97 Å². The third-order valence-electron chi connectivity index (χ3n) is 6.67. The van der Waals surface area contributed by atoms with Crippen LogP contribution >= 0.6 is 0 Å². The van der Waals surface area contributed by atoms with Crippen LogP contribution in [0.2, 0.25) is 0 Å². The van der Waals surface area contributed by atoms with E-state index in [1.165, 1.54) is 43.2 Å². The average Bonchev–Trinajstić information content (AvgIpc) is 3.29. The van der Waals surface area contributed by atoms with Crippen LogP contribution < -0.4 is 5.32 Å². The summed E-state index contributed by atoms with van der Waals surface area (Å²) in [6.45, 7) is 0. The number of ether oxygens (including phenoxy) is 1. The van der Waals surface area contributed by atoms with Gasteiger partial charge in [-0.15, -0.1) is 0 Å². The normalized spacial score (nSPS) is 31.8. The molecule has 0 unspecified atom stereocenters. The highest BCUT2D eigenvalue weighted by Crippen LogP contribution is 2.63. The van der Waals surface area contributed by atoms with Gasteiger partial charge in [0.15, 0.2) is 0 Å². The molecule has 25 heavy (non-hydrogen) atoms. The van der Waals surface area contributed by atoms with E-state index in [0.29, 0.717) is 23.4 Å². The minimum absolute atomic E-state index is 0.243. The number of methoxy groups -OCH3 is 1. The van der Waals surface area contributed by atoms with Crippen LogP contribution in [0.15, 0.2) is 48.5 Å². The Hall–Kier alpha value is -2.29. The van der Waals surface area contributed by atoms with Crippen molar-refractivity contribution >= 4 is 11.7 Å². The molecule has 2 bridgehead atoms. The maximum absolute atomic E-state index is 12.0. The van der Waals surface area contributed by atoms with E-state index in [9.17, 15) is 4.79 Å². The highest BCUT2D eigenvalue weighted by molar-refractivity contribution is 5.90. The second kappa shape index (κ2) is 5.62. The van der Waals surface area contributed by atoms with E-state index >= 15 is 0 Å². The number of hydrogen-bond donors (Lipinski definition) is 1. The monoisotopic (exact) mass is 333 g/mol. The molecule has 0 amide bonds. The van der Waals surface area contributed by atoms with Crippen molar-refractivity contribution in [2.45, 2.75) is 31.2 Å². The van der Waals surface area contributed by atoms with Crippen molar-refractivity contribution in [1.29, 1.82) is 0 Å². The molecule has 2 aromatic carbocycles. The fourth-order valence-corrected chi connectivity index (χ4v) is 5.72. The number of carbonyl (C=O) groups excluding carboxylic acids is 1. The second-order valence-corrected chi connectivity index (χ2v) is 7.76. The largest absolute Gasteiger partial charge is 0.465 e. The van der Waals surface area contributed by atoms with Crippen LogP contribution in [0, 0.1) is 17.8 Å². The Bertz CT molecular complexity index is 816. The molecular weight excluding hydrogens is 310 g/mol. The summed E-state index contributed by atoms with van der Waals surface area (Å²) in [6.07, 6.45) is 4.01. The number of benzene rings is 2.